The second-order valence-electron chi connectivity index (χ2n) is 5.97. The summed E-state index contributed by atoms with van der Waals surface area (Å²) in [4.78, 5) is 30.9. The van der Waals surface area contributed by atoms with Crippen LogP contribution < -0.4 is 10.9 Å². The highest BCUT2D eigenvalue weighted by atomic mass is 32.2. The maximum Gasteiger partial charge on any atom is 0.262 e. The molecule has 7 heteroatoms. The van der Waals surface area contributed by atoms with Crippen LogP contribution in [0.5, 0.6) is 0 Å². The molecule has 2 heterocycles. The number of nitrogens with one attached hydrogen (secondary N) is 1. The van der Waals surface area contributed by atoms with Crippen molar-refractivity contribution in [3.8, 4) is 0 Å². The largest absolute Gasteiger partial charge is 0.325 e. The van der Waals surface area contributed by atoms with Gasteiger partial charge in [0.2, 0.25) is 5.91 Å². The first-order valence-electron chi connectivity index (χ1n) is 7.82. The Morgan fingerprint density at radius 3 is 2.72 bits per heavy atom. The maximum atomic E-state index is 12.4. The van der Waals surface area contributed by atoms with Gasteiger partial charge in [0.15, 0.2) is 5.16 Å². The minimum atomic E-state index is -0.120. The fourth-order valence-corrected chi connectivity index (χ4v) is 4.14. The van der Waals surface area contributed by atoms with E-state index >= 15 is 0 Å². The molecule has 25 heavy (non-hydrogen) atoms. The number of hydrogen-bond donors (Lipinski definition) is 1. The van der Waals surface area contributed by atoms with Crippen molar-refractivity contribution in [2.24, 2.45) is 7.05 Å². The molecular weight excluding hydrogens is 354 g/mol. The van der Waals surface area contributed by atoms with Gasteiger partial charge in [-0.15, -0.1) is 11.3 Å². The topological polar surface area (TPSA) is 64.0 Å². The van der Waals surface area contributed by atoms with Crippen LogP contribution in [0.3, 0.4) is 0 Å². The average molecular weight is 374 g/mol. The van der Waals surface area contributed by atoms with Crippen LogP contribution >= 0.6 is 23.1 Å². The Balaban J connectivity index is 1.73. The summed E-state index contributed by atoms with van der Waals surface area (Å²) in [5.74, 6) is 0.0771. The molecule has 0 bridgehead atoms. The Hall–Kier alpha value is -2.12. The predicted octanol–water partition coefficient (Wildman–Crippen LogP) is 3.65. The van der Waals surface area contributed by atoms with Gasteiger partial charge in [-0.25, -0.2) is 4.98 Å². The predicted molar refractivity (Wildman–Crippen MR) is 105 cm³/mol. The number of carbonyl (C=O) groups is 1. The van der Waals surface area contributed by atoms with E-state index in [1.165, 1.54) is 33.2 Å². The number of rotatable bonds is 4. The normalized spacial score (nSPS) is 11.0. The van der Waals surface area contributed by atoms with Gasteiger partial charge in [0.25, 0.3) is 5.56 Å². The molecule has 0 aliphatic rings. The molecule has 2 aromatic heterocycles. The van der Waals surface area contributed by atoms with Gasteiger partial charge in [0.05, 0.1) is 11.1 Å². The van der Waals surface area contributed by atoms with Crippen LogP contribution in [0.2, 0.25) is 0 Å². The molecule has 130 valence electrons. The van der Waals surface area contributed by atoms with E-state index in [-0.39, 0.29) is 17.2 Å². The van der Waals surface area contributed by atoms with E-state index in [2.05, 4.69) is 10.3 Å². The van der Waals surface area contributed by atoms with E-state index < -0.39 is 0 Å². The number of aryl methyl sites for hydroxylation is 3. The average Bonchev–Trinajstić information content (AvgIpc) is 2.94. The number of amides is 1. The first-order valence-corrected chi connectivity index (χ1v) is 9.62. The molecule has 0 spiro atoms. The lowest BCUT2D eigenvalue weighted by Crippen LogP contribution is -2.20. The fourth-order valence-electron chi connectivity index (χ4n) is 2.44. The molecule has 1 aromatic carbocycles. The third-order valence-corrected chi connectivity index (χ3v) is 5.95. The van der Waals surface area contributed by atoms with Crippen LogP contribution in [0, 0.1) is 20.8 Å². The molecule has 3 rings (SSSR count). The Morgan fingerprint density at radius 2 is 2.00 bits per heavy atom. The number of benzene rings is 1. The maximum absolute atomic E-state index is 12.4. The van der Waals surface area contributed by atoms with Gasteiger partial charge < -0.3 is 5.32 Å². The third-order valence-electron chi connectivity index (χ3n) is 3.98. The summed E-state index contributed by atoms with van der Waals surface area (Å²) in [6, 6.07) is 7.68. The lowest BCUT2D eigenvalue weighted by atomic mass is 10.1. The van der Waals surface area contributed by atoms with Gasteiger partial charge in [-0.05, 0) is 50.1 Å². The zero-order chi connectivity index (χ0) is 18.1. The first kappa shape index (κ1) is 17.7. The molecule has 0 atom stereocenters. The van der Waals surface area contributed by atoms with Gasteiger partial charge >= 0.3 is 0 Å². The second kappa shape index (κ2) is 7.01. The molecular formula is C18H19N3O2S2. The van der Waals surface area contributed by atoms with Crippen molar-refractivity contribution in [1.29, 1.82) is 0 Å². The van der Waals surface area contributed by atoms with Gasteiger partial charge in [-0.3, -0.25) is 14.2 Å². The number of anilines is 1. The van der Waals surface area contributed by atoms with Crippen molar-refractivity contribution in [1.82, 2.24) is 9.55 Å². The van der Waals surface area contributed by atoms with E-state index in [9.17, 15) is 9.59 Å². The number of hydrogen-bond acceptors (Lipinski definition) is 5. The Labute approximate surface area is 154 Å². The zero-order valence-electron chi connectivity index (χ0n) is 14.5. The van der Waals surface area contributed by atoms with Crippen molar-refractivity contribution in [3.63, 3.8) is 0 Å². The van der Waals surface area contributed by atoms with Gasteiger partial charge in [0, 0.05) is 17.6 Å². The summed E-state index contributed by atoms with van der Waals surface area (Å²) in [5, 5.41) is 4.07. The molecule has 0 aliphatic carbocycles. The van der Waals surface area contributed by atoms with Crippen LogP contribution in [-0.2, 0) is 11.8 Å². The van der Waals surface area contributed by atoms with Gasteiger partial charge in [-0.2, -0.15) is 0 Å². The Bertz CT molecular complexity index is 1020. The minimum absolute atomic E-state index is 0.0774. The molecule has 3 aromatic rings. The molecule has 0 fully saturated rings. The zero-order valence-corrected chi connectivity index (χ0v) is 16.2. The van der Waals surface area contributed by atoms with E-state index in [1.54, 1.807) is 7.05 Å². The van der Waals surface area contributed by atoms with E-state index in [1.807, 2.05) is 45.0 Å². The van der Waals surface area contributed by atoms with Crippen molar-refractivity contribution in [2.45, 2.75) is 25.9 Å². The molecule has 1 amide bonds. The molecule has 0 radical (unpaired) electrons. The summed E-state index contributed by atoms with van der Waals surface area (Å²) in [6.45, 7) is 6.00. The monoisotopic (exact) mass is 373 g/mol. The smallest absolute Gasteiger partial charge is 0.262 e. The Kier molecular flexibility index (Phi) is 4.96. The van der Waals surface area contributed by atoms with Gasteiger partial charge in [-0.1, -0.05) is 17.8 Å². The summed E-state index contributed by atoms with van der Waals surface area (Å²) in [6.07, 6.45) is 0. The molecule has 5 nitrogen and oxygen atoms in total. The quantitative estimate of drug-likeness (QED) is 0.560. The van der Waals surface area contributed by atoms with Crippen LogP contribution in [0.15, 0.2) is 34.2 Å². The number of nitrogens with zero attached hydrogens (tertiary/aromatic N) is 2. The molecule has 0 unspecified atom stereocenters. The highest BCUT2D eigenvalue weighted by molar-refractivity contribution is 7.99. The number of thiophene rings is 1. The van der Waals surface area contributed by atoms with Crippen molar-refractivity contribution >= 4 is 44.9 Å². The summed E-state index contributed by atoms with van der Waals surface area (Å²) in [5.41, 5.74) is 3.02. The summed E-state index contributed by atoms with van der Waals surface area (Å²) in [7, 11) is 1.69. The highest BCUT2D eigenvalue weighted by Gasteiger charge is 2.13. The summed E-state index contributed by atoms with van der Waals surface area (Å²) >= 11 is 2.76. The lowest BCUT2D eigenvalue weighted by Gasteiger charge is -2.09. The van der Waals surface area contributed by atoms with Crippen LogP contribution in [0.25, 0.3) is 10.2 Å². The third kappa shape index (κ3) is 3.77. The lowest BCUT2D eigenvalue weighted by molar-refractivity contribution is -0.113. The second-order valence-corrected chi connectivity index (χ2v) is 8.15. The summed E-state index contributed by atoms with van der Waals surface area (Å²) < 4.78 is 1.50. The first-order chi connectivity index (χ1) is 11.8. The highest BCUT2D eigenvalue weighted by Crippen LogP contribution is 2.24. The van der Waals surface area contributed by atoms with E-state index in [4.69, 9.17) is 0 Å². The minimum Gasteiger partial charge on any atom is -0.325 e. The van der Waals surface area contributed by atoms with Gasteiger partial charge in [0.1, 0.15) is 4.83 Å². The number of carbonyl (C=O) groups excluding carboxylic acids is 1. The van der Waals surface area contributed by atoms with E-state index in [0.717, 1.165) is 21.0 Å². The number of aromatic nitrogens is 2. The van der Waals surface area contributed by atoms with Crippen LogP contribution in [0.1, 0.15) is 16.0 Å². The van der Waals surface area contributed by atoms with Crippen LogP contribution in [-0.4, -0.2) is 21.2 Å². The SMILES string of the molecule is Cc1cc2c(=O)n(C)c(SCC(=O)Nc3ccc(C)c(C)c3)nc2s1. The number of fused-ring (bicyclic) bond motifs is 1. The van der Waals surface area contributed by atoms with Crippen LogP contribution in [0.4, 0.5) is 5.69 Å². The Morgan fingerprint density at radius 1 is 1.24 bits per heavy atom. The standard InChI is InChI=1S/C18H19N3O2S2/c1-10-5-6-13(7-11(10)2)19-15(22)9-24-18-20-16-14(8-12(3)25-16)17(23)21(18)4/h5-8H,9H2,1-4H3,(H,19,22). The number of thioether (sulfide) groups is 1. The molecule has 1 N–H and O–H groups in total. The molecule has 0 saturated carbocycles. The van der Waals surface area contributed by atoms with Crippen molar-refractivity contribution < 1.29 is 4.79 Å². The molecule has 0 saturated heterocycles. The fraction of sp³-hybridized carbons (Fsp3) is 0.278. The molecule has 0 aliphatic heterocycles. The van der Waals surface area contributed by atoms with Crippen molar-refractivity contribution in [2.75, 3.05) is 11.1 Å². The van der Waals surface area contributed by atoms with Crippen molar-refractivity contribution in [3.05, 3.63) is 50.6 Å². The van der Waals surface area contributed by atoms with E-state index in [0.29, 0.717) is 10.5 Å².